The molecule has 0 spiro atoms. The second-order valence-electron chi connectivity index (χ2n) is 3.77. The van der Waals surface area contributed by atoms with Crippen LogP contribution in [0.5, 0.6) is 0 Å². The van der Waals surface area contributed by atoms with Gasteiger partial charge in [-0.2, -0.15) is 0 Å². The Labute approximate surface area is 94.7 Å². The quantitative estimate of drug-likeness (QED) is 0.664. The average molecular weight is 234 g/mol. The summed E-state index contributed by atoms with van der Waals surface area (Å²) in [6.45, 7) is 8.18. The molecule has 0 aromatic heterocycles. The number of hydrogen-bond acceptors (Lipinski definition) is 3. The molecular formula is C10H22N2O2S. The van der Waals surface area contributed by atoms with E-state index in [0.29, 0.717) is 18.1 Å². The second kappa shape index (κ2) is 7.82. The Morgan fingerprint density at radius 2 is 1.93 bits per heavy atom. The van der Waals surface area contributed by atoms with Crippen molar-refractivity contribution < 1.29 is 9.00 Å². The summed E-state index contributed by atoms with van der Waals surface area (Å²) in [6, 6.07) is -0.0622. The number of nitrogens with one attached hydrogen (secondary N) is 2. The Balaban J connectivity index is 3.69. The van der Waals surface area contributed by atoms with E-state index in [1.165, 1.54) is 0 Å². The molecule has 15 heavy (non-hydrogen) atoms. The van der Waals surface area contributed by atoms with Gasteiger partial charge in [0, 0.05) is 34.9 Å². The molecule has 1 amide bonds. The normalized spacial score (nSPS) is 15.0. The maximum Gasteiger partial charge on any atom is 0.237 e. The van der Waals surface area contributed by atoms with Crippen LogP contribution in [0.2, 0.25) is 0 Å². The maximum atomic E-state index is 11.4. The van der Waals surface area contributed by atoms with E-state index in [1.54, 1.807) is 0 Å². The van der Waals surface area contributed by atoms with Crippen LogP contribution in [0.4, 0.5) is 0 Å². The molecular weight excluding hydrogens is 212 g/mol. The molecule has 4 nitrogen and oxygen atoms in total. The van der Waals surface area contributed by atoms with Crippen molar-refractivity contribution in [2.75, 3.05) is 18.1 Å². The molecule has 2 unspecified atom stereocenters. The summed E-state index contributed by atoms with van der Waals surface area (Å²) in [6.07, 6.45) is 0. The van der Waals surface area contributed by atoms with Gasteiger partial charge in [0.1, 0.15) is 0 Å². The largest absolute Gasteiger partial charge is 0.353 e. The highest BCUT2D eigenvalue weighted by Gasteiger charge is 2.12. The topological polar surface area (TPSA) is 58.2 Å². The van der Waals surface area contributed by atoms with Gasteiger partial charge in [0.2, 0.25) is 5.91 Å². The predicted octanol–water partition coefficient (Wildman–Crippen LogP) is 0.258. The lowest BCUT2D eigenvalue weighted by Crippen LogP contribution is -2.45. The number of carbonyl (C=O) groups is 1. The lowest BCUT2D eigenvalue weighted by molar-refractivity contribution is -0.123. The summed E-state index contributed by atoms with van der Waals surface area (Å²) < 4.78 is 11.1. The molecule has 0 aromatic rings. The second-order valence-corrected chi connectivity index (χ2v) is 5.64. The highest BCUT2D eigenvalue weighted by molar-refractivity contribution is 7.84. The van der Waals surface area contributed by atoms with E-state index in [9.17, 15) is 9.00 Å². The molecule has 0 fully saturated rings. The van der Waals surface area contributed by atoms with Crippen LogP contribution >= 0.6 is 0 Å². The lowest BCUT2D eigenvalue weighted by Gasteiger charge is -2.15. The Bertz CT molecular complexity index is 219. The fourth-order valence-corrected chi connectivity index (χ4v) is 1.67. The molecule has 90 valence electrons. The van der Waals surface area contributed by atoms with Crippen molar-refractivity contribution in [1.82, 2.24) is 10.6 Å². The van der Waals surface area contributed by atoms with E-state index in [1.807, 2.05) is 27.7 Å². The first-order valence-corrected chi connectivity index (χ1v) is 6.84. The number of hydrogen-bond donors (Lipinski definition) is 2. The molecule has 0 aliphatic rings. The van der Waals surface area contributed by atoms with Gasteiger partial charge < -0.3 is 10.6 Å². The van der Waals surface area contributed by atoms with Crippen molar-refractivity contribution in [1.29, 1.82) is 0 Å². The van der Waals surface area contributed by atoms with E-state index < -0.39 is 10.8 Å². The third kappa shape index (κ3) is 7.50. The zero-order valence-corrected chi connectivity index (χ0v) is 10.8. The number of amides is 1. The summed E-state index contributed by atoms with van der Waals surface area (Å²) in [5.74, 6) is 1.27. The zero-order chi connectivity index (χ0) is 11.8. The van der Waals surface area contributed by atoms with Crippen LogP contribution in [0.3, 0.4) is 0 Å². The van der Waals surface area contributed by atoms with Gasteiger partial charge in [-0.15, -0.1) is 0 Å². The molecule has 2 N–H and O–H groups in total. The summed E-state index contributed by atoms with van der Waals surface area (Å²) in [7, 11) is -0.762. The summed E-state index contributed by atoms with van der Waals surface area (Å²) in [4.78, 5) is 11.4. The van der Waals surface area contributed by atoms with Crippen LogP contribution in [-0.2, 0) is 15.6 Å². The van der Waals surface area contributed by atoms with E-state index in [4.69, 9.17) is 0 Å². The molecule has 0 aliphatic heterocycles. The van der Waals surface area contributed by atoms with Gasteiger partial charge in [0.15, 0.2) is 0 Å². The zero-order valence-electron chi connectivity index (χ0n) is 10.0. The molecule has 0 aliphatic carbocycles. The van der Waals surface area contributed by atoms with Gasteiger partial charge in [-0.05, 0) is 20.8 Å². The molecule has 0 saturated heterocycles. The Hall–Kier alpha value is -0.420. The van der Waals surface area contributed by atoms with E-state index in [-0.39, 0.29) is 18.0 Å². The first-order valence-electron chi connectivity index (χ1n) is 5.36. The Kier molecular flexibility index (Phi) is 7.60. The predicted molar refractivity (Wildman–Crippen MR) is 64.3 cm³/mol. The molecule has 0 aromatic carbocycles. The molecule has 0 saturated carbocycles. The van der Waals surface area contributed by atoms with Crippen LogP contribution in [0.1, 0.15) is 27.7 Å². The van der Waals surface area contributed by atoms with Crippen LogP contribution < -0.4 is 10.6 Å². The smallest absolute Gasteiger partial charge is 0.237 e. The van der Waals surface area contributed by atoms with Crippen molar-refractivity contribution >= 4 is 16.7 Å². The number of rotatable bonds is 7. The standard InChI is InChI=1S/C10H22N2O2S/c1-5-15(14)7-6-11-9(4)10(13)12-8(2)3/h8-9,11H,5-7H2,1-4H3,(H,12,13). The number of carbonyl (C=O) groups excluding carboxylic acids is 1. The fourth-order valence-electron chi connectivity index (χ4n) is 1.04. The minimum atomic E-state index is -0.762. The van der Waals surface area contributed by atoms with Gasteiger partial charge >= 0.3 is 0 Å². The molecule has 5 heteroatoms. The Morgan fingerprint density at radius 3 is 2.40 bits per heavy atom. The summed E-state index contributed by atoms with van der Waals surface area (Å²) in [5.41, 5.74) is 0. The molecule has 0 bridgehead atoms. The van der Waals surface area contributed by atoms with Crippen LogP contribution in [-0.4, -0.2) is 40.3 Å². The van der Waals surface area contributed by atoms with E-state index >= 15 is 0 Å². The monoisotopic (exact) mass is 234 g/mol. The van der Waals surface area contributed by atoms with Crippen LogP contribution in [0.25, 0.3) is 0 Å². The minimum absolute atomic E-state index is 0.00715. The first-order chi connectivity index (χ1) is 6.97. The van der Waals surface area contributed by atoms with Crippen molar-refractivity contribution in [3.63, 3.8) is 0 Å². The van der Waals surface area contributed by atoms with Gasteiger partial charge in [0.05, 0.1) is 6.04 Å². The lowest BCUT2D eigenvalue weighted by atomic mass is 10.3. The van der Waals surface area contributed by atoms with Crippen molar-refractivity contribution in [3.05, 3.63) is 0 Å². The van der Waals surface area contributed by atoms with Gasteiger partial charge in [0.25, 0.3) is 0 Å². The van der Waals surface area contributed by atoms with Gasteiger partial charge in [-0.25, -0.2) is 0 Å². The van der Waals surface area contributed by atoms with Gasteiger partial charge in [-0.3, -0.25) is 9.00 Å². The SMILES string of the molecule is CCS(=O)CCNC(C)C(=O)NC(C)C. The Morgan fingerprint density at radius 1 is 1.33 bits per heavy atom. The average Bonchev–Trinajstić information content (AvgIpc) is 2.16. The maximum absolute atomic E-state index is 11.4. The third-order valence-corrected chi connectivity index (χ3v) is 3.23. The van der Waals surface area contributed by atoms with Crippen molar-refractivity contribution in [2.45, 2.75) is 39.8 Å². The molecule has 0 radical (unpaired) electrons. The third-order valence-electron chi connectivity index (χ3n) is 1.93. The molecule has 0 heterocycles. The molecule has 0 rings (SSSR count). The highest BCUT2D eigenvalue weighted by atomic mass is 32.2. The summed E-state index contributed by atoms with van der Waals surface area (Å²) in [5, 5.41) is 5.87. The fraction of sp³-hybridized carbons (Fsp3) is 0.900. The van der Waals surface area contributed by atoms with Crippen molar-refractivity contribution in [2.24, 2.45) is 0 Å². The molecule has 2 atom stereocenters. The minimum Gasteiger partial charge on any atom is -0.353 e. The van der Waals surface area contributed by atoms with Gasteiger partial charge in [-0.1, -0.05) is 6.92 Å². The van der Waals surface area contributed by atoms with Crippen molar-refractivity contribution in [3.8, 4) is 0 Å². The summed E-state index contributed by atoms with van der Waals surface area (Å²) >= 11 is 0. The van der Waals surface area contributed by atoms with E-state index in [2.05, 4.69) is 10.6 Å². The van der Waals surface area contributed by atoms with E-state index in [0.717, 1.165) is 0 Å². The van der Waals surface area contributed by atoms with Crippen LogP contribution in [0, 0.1) is 0 Å². The van der Waals surface area contributed by atoms with Crippen LogP contribution in [0.15, 0.2) is 0 Å². The highest BCUT2D eigenvalue weighted by Crippen LogP contribution is 1.86. The first kappa shape index (κ1) is 14.6.